The van der Waals surface area contributed by atoms with E-state index in [1.54, 1.807) is 12.1 Å². The van der Waals surface area contributed by atoms with Gasteiger partial charge in [0.05, 0.1) is 0 Å². The number of halogens is 1. The van der Waals surface area contributed by atoms with Crippen LogP contribution in [0, 0.1) is 6.92 Å². The Balaban J connectivity index is 0.00000192. The Morgan fingerprint density at radius 2 is 1.70 bits per heavy atom. The summed E-state index contributed by atoms with van der Waals surface area (Å²) in [6.07, 6.45) is 0. The molecule has 5 nitrogen and oxygen atoms in total. The average molecular weight is 334 g/mol. The molecule has 0 aliphatic rings. The molecule has 0 saturated carbocycles. The monoisotopic (exact) mass is 333 g/mol. The van der Waals surface area contributed by atoms with Crippen LogP contribution >= 0.6 is 11.6 Å². The minimum atomic E-state index is -0.166. The molecule has 1 aromatic heterocycles. The van der Waals surface area contributed by atoms with Crippen LogP contribution < -0.4 is 0 Å². The molecule has 0 unspecified atom stereocenters. The lowest BCUT2D eigenvalue weighted by Gasteiger charge is -2.22. The predicted molar refractivity (Wildman–Crippen MR) is 92.6 cm³/mol. The summed E-state index contributed by atoms with van der Waals surface area (Å²) in [5.41, 5.74) is 3.78. The van der Waals surface area contributed by atoms with Crippen molar-refractivity contribution in [3.63, 3.8) is 0 Å². The molecule has 0 spiro atoms. The number of aryl methyl sites for hydroxylation is 1. The van der Waals surface area contributed by atoms with E-state index in [4.69, 9.17) is 11.6 Å². The SMILES string of the molecule is Cc1cc(-n2nc3ccc(Cl)cc3n2)c(O)c(C(C)(C)C)c1.O. The number of hydrogen-bond donors (Lipinski definition) is 1. The van der Waals surface area contributed by atoms with Gasteiger partial charge in [-0.25, -0.2) is 0 Å². The van der Waals surface area contributed by atoms with E-state index < -0.39 is 0 Å². The minimum absolute atomic E-state index is 0. The highest BCUT2D eigenvalue weighted by molar-refractivity contribution is 6.31. The summed E-state index contributed by atoms with van der Waals surface area (Å²) < 4.78 is 0. The first kappa shape index (κ1) is 17.2. The molecular formula is C17H20ClN3O2. The van der Waals surface area contributed by atoms with Gasteiger partial charge in [-0.3, -0.25) is 0 Å². The third-order valence-electron chi connectivity index (χ3n) is 3.60. The number of aromatic nitrogens is 3. The van der Waals surface area contributed by atoms with Crippen molar-refractivity contribution in [2.45, 2.75) is 33.1 Å². The van der Waals surface area contributed by atoms with Gasteiger partial charge in [-0.05, 0) is 42.2 Å². The van der Waals surface area contributed by atoms with Crippen molar-refractivity contribution in [1.29, 1.82) is 0 Å². The Kier molecular flexibility index (Phi) is 4.37. The van der Waals surface area contributed by atoms with Gasteiger partial charge in [0.1, 0.15) is 22.5 Å². The van der Waals surface area contributed by atoms with E-state index in [1.807, 2.05) is 25.1 Å². The first-order valence-corrected chi connectivity index (χ1v) is 7.50. The van der Waals surface area contributed by atoms with E-state index in [-0.39, 0.29) is 16.6 Å². The quantitative estimate of drug-likeness (QED) is 0.739. The highest BCUT2D eigenvalue weighted by Gasteiger charge is 2.22. The van der Waals surface area contributed by atoms with Gasteiger partial charge in [0.2, 0.25) is 0 Å². The molecule has 3 N–H and O–H groups in total. The molecule has 23 heavy (non-hydrogen) atoms. The molecule has 122 valence electrons. The second-order valence-electron chi connectivity index (χ2n) is 6.55. The van der Waals surface area contributed by atoms with Gasteiger partial charge in [0.15, 0.2) is 0 Å². The topological polar surface area (TPSA) is 82.4 Å². The molecule has 2 aromatic carbocycles. The molecule has 0 atom stereocenters. The summed E-state index contributed by atoms with van der Waals surface area (Å²) in [7, 11) is 0. The van der Waals surface area contributed by atoms with Gasteiger partial charge in [-0.2, -0.15) is 0 Å². The third kappa shape index (κ3) is 3.16. The highest BCUT2D eigenvalue weighted by Crippen LogP contribution is 2.36. The second-order valence-corrected chi connectivity index (χ2v) is 6.99. The van der Waals surface area contributed by atoms with Crippen LogP contribution in [0.5, 0.6) is 5.75 Å². The highest BCUT2D eigenvalue weighted by atomic mass is 35.5. The second kappa shape index (κ2) is 5.83. The molecular weight excluding hydrogens is 314 g/mol. The van der Waals surface area contributed by atoms with Crippen molar-refractivity contribution in [3.8, 4) is 11.4 Å². The van der Waals surface area contributed by atoms with Gasteiger partial charge in [-0.1, -0.05) is 38.4 Å². The summed E-state index contributed by atoms with van der Waals surface area (Å²) in [5, 5.41) is 20.1. The lowest BCUT2D eigenvalue weighted by molar-refractivity contribution is 0.440. The van der Waals surface area contributed by atoms with Crippen LogP contribution in [0.4, 0.5) is 0 Å². The Morgan fingerprint density at radius 3 is 2.35 bits per heavy atom. The van der Waals surface area contributed by atoms with Crippen molar-refractivity contribution < 1.29 is 10.6 Å². The van der Waals surface area contributed by atoms with Crippen LogP contribution in [0.25, 0.3) is 16.7 Å². The van der Waals surface area contributed by atoms with Crippen molar-refractivity contribution >= 4 is 22.6 Å². The fourth-order valence-electron chi connectivity index (χ4n) is 2.48. The zero-order chi connectivity index (χ0) is 16.1. The summed E-state index contributed by atoms with van der Waals surface area (Å²) in [6.45, 7) is 8.20. The molecule has 1 heterocycles. The molecule has 3 rings (SSSR count). The maximum atomic E-state index is 10.7. The summed E-state index contributed by atoms with van der Waals surface area (Å²) in [5.74, 6) is 0.213. The molecule has 0 aliphatic heterocycles. The van der Waals surface area contributed by atoms with E-state index in [2.05, 4.69) is 31.0 Å². The number of phenols is 1. The summed E-state index contributed by atoms with van der Waals surface area (Å²) >= 11 is 5.99. The van der Waals surface area contributed by atoms with E-state index in [0.29, 0.717) is 16.2 Å². The van der Waals surface area contributed by atoms with E-state index >= 15 is 0 Å². The van der Waals surface area contributed by atoms with Crippen molar-refractivity contribution in [1.82, 2.24) is 15.0 Å². The first-order valence-electron chi connectivity index (χ1n) is 7.13. The van der Waals surface area contributed by atoms with Crippen LogP contribution in [-0.4, -0.2) is 25.6 Å². The minimum Gasteiger partial charge on any atom is -0.505 e. The number of nitrogens with zero attached hydrogens (tertiary/aromatic N) is 3. The molecule has 0 saturated heterocycles. The molecule has 0 fully saturated rings. The zero-order valence-corrected chi connectivity index (χ0v) is 14.3. The molecule has 3 aromatic rings. The maximum absolute atomic E-state index is 10.7. The Bertz CT molecular complexity index is 866. The molecule has 0 aliphatic carbocycles. The normalized spacial score (nSPS) is 11.5. The zero-order valence-electron chi connectivity index (χ0n) is 13.6. The van der Waals surface area contributed by atoms with E-state index in [9.17, 15) is 5.11 Å². The van der Waals surface area contributed by atoms with Crippen LogP contribution in [0.3, 0.4) is 0 Å². The molecule has 6 heteroatoms. The molecule has 0 radical (unpaired) electrons. The van der Waals surface area contributed by atoms with Gasteiger partial charge in [0, 0.05) is 10.6 Å². The molecule has 0 amide bonds. The number of phenolic OH excluding ortho intramolecular Hbond substituents is 1. The van der Waals surface area contributed by atoms with Gasteiger partial charge in [0.25, 0.3) is 0 Å². The number of aromatic hydroxyl groups is 1. The number of rotatable bonds is 1. The van der Waals surface area contributed by atoms with Crippen molar-refractivity contribution in [3.05, 3.63) is 46.5 Å². The smallest absolute Gasteiger partial charge is 0.146 e. The van der Waals surface area contributed by atoms with Gasteiger partial charge < -0.3 is 10.6 Å². The lowest BCUT2D eigenvalue weighted by atomic mass is 9.85. The van der Waals surface area contributed by atoms with Crippen LogP contribution in [0.2, 0.25) is 5.02 Å². The van der Waals surface area contributed by atoms with E-state index in [1.165, 1.54) is 4.80 Å². The van der Waals surface area contributed by atoms with Gasteiger partial charge in [-0.15, -0.1) is 15.0 Å². The standard InChI is InChI=1S/C17H18ClN3O.H2O/c1-10-7-12(17(2,3)4)16(22)15(8-10)21-19-13-6-5-11(18)9-14(13)20-21;/h5-9,22H,1-4H3;1H2. The fourth-order valence-corrected chi connectivity index (χ4v) is 2.65. The molecule has 0 bridgehead atoms. The fraction of sp³-hybridized carbons (Fsp3) is 0.294. The van der Waals surface area contributed by atoms with Gasteiger partial charge >= 0.3 is 0 Å². The lowest BCUT2D eigenvalue weighted by Crippen LogP contribution is -2.13. The number of hydrogen-bond acceptors (Lipinski definition) is 3. The maximum Gasteiger partial charge on any atom is 0.146 e. The number of fused-ring (bicyclic) bond motifs is 1. The largest absolute Gasteiger partial charge is 0.505 e. The Hall–Kier alpha value is -2.11. The van der Waals surface area contributed by atoms with Crippen molar-refractivity contribution in [2.24, 2.45) is 0 Å². The number of benzene rings is 2. The van der Waals surface area contributed by atoms with Crippen molar-refractivity contribution in [2.75, 3.05) is 0 Å². The van der Waals surface area contributed by atoms with Crippen LogP contribution in [-0.2, 0) is 5.41 Å². The Morgan fingerprint density at radius 1 is 1.04 bits per heavy atom. The Labute approximate surface area is 139 Å². The van der Waals surface area contributed by atoms with Crippen LogP contribution in [0.1, 0.15) is 31.9 Å². The average Bonchev–Trinajstić information content (AvgIpc) is 2.82. The summed E-state index contributed by atoms with van der Waals surface area (Å²) in [4.78, 5) is 1.47. The predicted octanol–water partition coefficient (Wildman–Crippen LogP) is 3.56. The van der Waals surface area contributed by atoms with Crippen LogP contribution in [0.15, 0.2) is 30.3 Å². The third-order valence-corrected chi connectivity index (χ3v) is 3.84. The van der Waals surface area contributed by atoms with E-state index in [0.717, 1.165) is 16.6 Å². The first-order chi connectivity index (χ1) is 10.3. The summed E-state index contributed by atoms with van der Waals surface area (Å²) in [6, 6.07) is 9.24.